The predicted octanol–water partition coefficient (Wildman–Crippen LogP) is 5.01. The summed E-state index contributed by atoms with van der Waals surface area (Å²) < 4.78 is 43.8. The quantitative estimate of drug-likeness (QED) is 0.457. The van der Waals surface area contributed by atoms with Crippen LogP contribution in [0, 0.1) is 28.8 Å². The van der Waals surface area contributed by atoms with E-state index in [4.69, 9.17) is 16.9 Å². The molecule has 0 atom stereocenters. The topological polar surface area (TPSA) is 54.0 Å². The number of nitrogens with zero attached hydrogens (tertiary/aromatic N) is 4. The van der Waals surface area contributed by atoms with E-state index < -0.39 is 23.0 Å². The van der Waals surface area contributed by atoms with E-state index in [0.717, 1.165) is 0 Å². The number of nitriles is 1. The van der Waals surface area contributed by atoms with Gasteiger partial charge in [0.05, 0.1) is 22.9 Å². The third kappa shape index (κ3) is 2.80. The average Bonchev–Trinajstić information content (AvgIpc) is 3.09. The number of benzene rings is 2. The number of imidazole rings is 1. The third-order valence-electron chi connectivity index (χ3n) is 4.05. The molecule has 0 aliphatic rings. The minimum atomic E-state index is -1.11. The number of hydrogen-bond acceptors (Lipinski definition) is 3. The summed E-state index contributed by atoms with van der Waals surface area (Å²) in [6.07, 6.45) is 3.03. The van der Waals surface area contributed by atoms with Gasteiger partial charge in [0.15, 0.2) is 0 Å². The minimum Gasteiger partial charge on any atom is -0.283 e. The summed E-state index contributed by atoms with van der Waals surface area (Å²) in [5.41, 5.74) is 0.725. The Morgan fingerprint density at radius 3 is 2.30 bits per heavy atom. The molecule has 0 aliphatic carbocycles. The second-order valence-electron chi connectivity index (χ2n) is 5.66. The van der Waals surface area contributed by atoms with Gasteiger partial charge in [-0.25, -0.2) is 18.2 Å². The van der Waals surface area contributed by atoms with Gasteiger partial charge in [-0.3, -0.25) is 4.40 Å². The molecule has 2 heterocycles. The summed E-state index contributed by atoms with van der Waals surface area (Å²) in [4.78, 5) is 8.14. The zero-order chi connectivity index (χ0) is 19.1. The molecule has 2 aromatic carbocycles. The fraction of sp³-hybridized carbons (Fsp3) is 0. The third-order valence-corrected chi connectivity index (χ3v) is 4.32. The van der Waals surface area contributed by atoms with Gasteiger partial charge in [-0.1, -0.05) is 23.7 Å². The Bertz CT molecular complexity index is 1200. The van der Waals surface area contributed by atoms with Crippen molar-refractivity contribution in [1.82, 2.24) is 14.4 Å². The van der Waals surface area contributed by atoms with Crippen LogP contribution in [0.2, 0.25) is 5.15 Å². The van der Waals surface area contributed by atoms with Gasteiger partial charge in [0.1, 0.15) is 22.6 Å². The number of halogens is 4. The number of aromatic nitrogens is 3. The zero-order valence-electron chi connectivity index (χ0n) is 13.4. The lowest BCUT2D eigenvalue weighted by atomic mass is 9.98. The fourth-order valence-electron chi connectivity index (χ4n) is 2.90. The predicted molar refractivity (Wildman–Crippen MR) is 93.5 cm³/mol. The minimum absolute atomic E-state index is 0.0399. The van der Waals surface area contributed by atoms with E-state index in [-0.39, 0.29) is 16.5 Å². The average molecular weight is 385 g/mol. The molecule has 2 aromatic heterocycles. The van der Waals surface area contributed by atoms with Crippen molar-refractivity contribution in [3.63, 3.8) is 0 Å². The summed E-state index contributed by atoms with van der Waals surface area (Å²) in [5, 5.41) is 8.80. The Labute approximate surface area is 156 Å². The van der Waals surface area contributed by atoms with Crippen molar-refractivity contribution in [2.24, 2.45) is 0 Å². The van der Waals surface area contributed by atoms with Crippen LogP contribution in [0.15, 0.2) is 48.8 Å². The first-order chi connectivity index (χ1) is 13.0. The normalized spacial score (nSPS) is 10.9. The lowest BCUT2D eigenvalue weighted by Gasteiger charge is -2.15. The molecule has 0 unspecified atom stereocenters. The van der Waals surface area contributed by atoms with Crippen LogP contribution in [0.25, 0.3) is 28.2 Å². The second kappa shape index (κ2) is 6.41. The van der Waals surface area contributed by atoms with Gasteiger partial charge >= 0.3 is 0 Å². The van der Waals surface area contributed by atoms with Crippen LogP contribution in [0.1, 0.15) is 5.56 Å². The first-order valence-corrected chi connectivity index (χ1v) is 8.05. The van der Waals surface area contributed by atoms with Crippen molar-refractivity contribution in [3.8, 4) is 28.5 Å². The molecule has 8 heteroatoms. The van der Waals surface area contributed by atoms with Crippen LogP contribution in [0.4, 0.5) is 13.2 Å². The monoisotopic (exact) mass is 384 g/mol. The van der Waals surface area contributed by atoms with Crippen LogP contribution in [-0.4, -0.2) is 14.4 Å². The largest absolute Gasteiger partial charge is 0.283 e. The molecule has 0 N–H and O–H groups in total. The van der Waals surface area contributed by atoms with Crippen molar-refractivity contribution < 1.29 is 13.2 Å². The molecular weight excluding hydrogens is 377 g/mol. The lowest BCUT2D eigenvalue weighted by Crippen LogP contribution is -2.03. The van der Waals surface area contributed by atoms with Crippen molar-refractivity contribution in [1.29, 1.82) is 5.26 Å². The van der Waals surface area contributed by atoms with E-state index >= 15 is 0 Å². The lowest BCUT2D eigenvalue weighted by molar-refractivity contribution is 0.548. The maximum absolute atomic E-state index is 14.5. The van der Waals surface area contributed by atoms with E-state index in [0.29, 0.717) is 29.0 Å². The molecule has 0 bridgehead atoms. The number of rotatable bonds is 2. The number of hydrogen-bond donors (Lipinski definition) is 0. The molecular formula is C19H8ClF3N4. The molecule has 0 spiro atoms. The van der Waals surface area contributed by atoms with Gasteiger partial charge < -0.3 is 0 Å². The van der Waals surface area contributed by atoms with Crippen LogP contribution < -0.4 is 0 Å². The molecule has 0 fully saturated rings. The van der Waals surface area contributed by atoms with Gasteiger partial charge in [-0.15, -0.1) is 0 Å². The molecule has 4 nitrogen and oxygen atoms in total. The molecule has 4 aromatic rings. The molecule has 0 amide bonds. The smallest absolute Gasteiger partial charge is 0.235 e. The molecule has 0 aliphatic heterocycles. The van der Waals surface area contributed by atoms with Gasteiger partial charge in [0, 0.05) is 30.1 Å². The van der Waals surface area contributed by atoms with E-state index in [2.05, 4.69) is 9.97 Å². The second-order valence-corrected chi connectivity index (χ2v) is 6.02. The SMILES string of the molecule is N#Cc1ccc(-c2c(-c3c(F)cc(F)cc3F)c(Cl)nc3nccn23)cc1. The highest BCUT2D eigenvalue weighted by atomic mass is 35.5. The molecule has 4 rings (SSSR count). The Morgan fingerprint density at radius 1 is 1.00 bits per heavy atom. The maximum atomic E-state index is 14.5. The Balaban J connectivity index is 2.12. The molecule has 27 heavy (non-hydrogen) atoms. The van der Waals surface area contributed by atoms with Crippen LogP contribution >= 0.6 is 11.6 Å². The van der Waals surface area contributed by atoms with Crippen molar-refractivity contribution in [2.45, 2.75) is 0 Å². The van der Waals surface area contributed by atoms with Crippen LogP contribution in [-0.2, 0) is 0 Å². The van der Waals surface area contributed by atoms with E-state index in [1.807, 2.05) is 6.07 Å². The summed E-state index contributed by atoms with van der Waals surface area (Å²) in [5.74, 6) is -3.02. The molecule has 0 saturated carbocycles. The van der Waals surface area contributed by atoms with Crippen molar-refractivity contribution in [2.75, 3.05) is 0 Å². The standard InChI is InChI=1S/C19H8ClF3N4/c20-18-16(15-13(22)7-12(21)8-14(15)23)17(27-6-5-25-19(27)26-18)11-3-1-10(9-24)2-4-11/h1-8H. The highest BCUT2D eigenvalue weighted by Crippen LogP contribution is 2.39. The maximum Gasteiger partial charge on any atom is 0.235 e. The first-order valence-electron chi connectivity index (χ1n) is 7.67. The van der Waals surface area contributed by atoms with E-state index in [1.54, 1.807) is 30.5 Å². The van der Waals surface area contributed by atoms with Crippen LogP contribution in [0.3, 0.4) is 0 Å². The molecule has 0 radical (unpaired) electrons. The zero-order valence-corrected chi connectivity index (χ0v) is 14.2. The number of fused-ring (bicyclic) bond motifs is 1. The summed E-state index contributed by atoms with van der Waals surface area (Å²) in [7, 11) is 0. The fourth-order valence-corrected chi connectivity index (χ4v) is 3.16. The van der Waals surface area contributed by atoms with E-state index in [9.17, 15) is 13.2 Å². The highest BCUT2D eigenvalue weighted by Gasteiger charge is 2.24. The first kappa shape index (κ1) is 17.1. The summed E-state index contributed by atoms with van der Waals surface area (Å²) in [6.45, 7) is 0. The van der Waals surface area contributed by atoms with E-state index in [1.165, 1.54) is 10.6 Å². The van der Waals surface area contributed by atoms with Gasteiger partial charge in [-0.05, 0) is 17.7 Å². The summed E-state index contributed by atoms with van der Waals surface area (Å²) >= 11 is 6.25. The molecule has 132 valence electrons. The Morgan fingerprint density at radius 2 is 1.67 bits per heavy atom. The Hall–Kier alpha value is -3.37. The van der Waals surface area contributed by atoms with Crippen LogP contribution in [0.5, 0.6) is 0 Å². The highest BCUT2D eigenvalue weighted by molar-refractivity contribution is 6.33. The summed E-state index contributed by atoms with van der Waals surface area (Å²) in [6, 6.07) is 9.52. The Kier molecular flexibility index (Phi) is 4.05. The van der Waals surface area contributed by atoms with Crippen molar-refractivity contribution in [3.05, 3.63) is 77.0 Å². The van der Waals surface area contributed by atoms with Gasteiger partial charge in [-0.2, -0.15) is 10.2 Å². The van der Waals surface area contributed by atoms with Gasteiger partial charge in [0.25, 0.3) is 0 Å². The van der Waals surface area contributed by atoms with Crippen molar-refractivity contribution >= 4 is 17.4 Å². The van der Waals surface area contributed by atoms with Gasteiger partial charge in [0.2, 0.25) is 5.78 Å². The molecule has 0 saturated heterocycles.